The fourth-order valence-electron chi connectivity index (χ4n) is 2.10. The number of nitrogens with zero attached hydrogens (tertiary/aromatic N) is 1. The summed E-state index contributed by atoms with van der Waals surface area (Å²) >= 11 is 0. The molecule has 2 heterocycles. The molecule has 0 bridgehead atoms. The van der Waals surface area contributed by atoms with Crippen molar-refractivity contribution in [2.75, 3.05) is 13.1 Å². The molecule has 2 rings (SSSR count). The maximum absolute atomic E-state index is 12.5. The van der Waals surface area contributed by atoms with Crippen molar-refractivity contribution in [1.82, 2.24) is 10.3 Å². The van der Waals surface area contributed by atoms with E-state index in [9.17, 15) is 23.1 Å². The zero-order valence-corrected chi connectivity index (χ0v) is 14.0. The van der Waals surface area contributed by atoms with Crippen molar-refractivity contribution in [3.8, 4) is 0 Å². The zero-order valence-electron chi connectivity index (χ0n) is 14.0. The summed E-state index contributed by atoms with van der Waals surface area (Å²) in [5.74, 6) is 0. The standard InChI is InChI=1S/C11H13F3N2O.C5H10O2/c12-11(13,14)8-1-4-16-9(7-8)10(17)2-5-15-6-3-10;1-5(2,3)7-4-6/h1,4,7,15,17H,2-3,5-6H2;4H,1-3H3. The minimum absolute atomic E-state index is 0.105. The quantitative estimate of drug-likeness (QED) is 0.804. The maximum Gasteiger partial charge on any atom is 0.416 e. The summed E-state index contributed by atoms with van der Waals surface area (Å²) in [6.45, 7) is 7.08. The molecule has 24 heavy (non-hydrogen) atoms. The SMILES string of the molecule is CC(C)(C)OC=O.OC1(c2cc(C(F)(F)F)ccn2)CCNCC1. The second-order valence-electron chi connectivity index (χ2n) is 6.54. The van der Waals surface area contributed by atoms with Gasteiger partial charge in [0.25, 0.3) is 6.47 Å². The van der Waals surface area contributed by atoms with Crippen LogP contribution in [0.1, 0.15) is 44.9 Å². The van der Waals surface area contributed by atoms with Gasteiger partial charge in [0.2, 0.25) is 0 Å². The molecule has 1 aromatic heterocycles. The highest BCUT2D eigenvalue weighted by Crippen LogP contribution is 2.34. The third-order valence-corrected chi connectivity index (χ3v) is 3.40. The number of piperidine rings is 1. The molecule has 0 saturated carbocycles. The van der Waals surface area contributed by atoms with E-state index in [1.54, 1.807) is 0 Å². The van der Waals surface area contributed by atoms with Crippen molar-refractivity contribution in [1.29, 1.82) is 0 Å². The molecule has 5 nitrogen and oxygen atoms in total. The molecule has 1 aromatic rings. The third kappa shape index (κ3) is 6.45. The predicted octanol–water partition coefficient (Wildman–Crippen LogP) is 2.63. The van der Waals surface area contributed by atoms with E-state index in [1.807, 2.05) is 20.8 Å². The summed E-state index contributed by atoms with van der Waals surface area (Å²) in [7, 11) is 0. The van der Waals surface area contributed by atoms with Gasteiger partial charge in [-0.2, -0.15) is 13.2 Å². The minimum Gasteiger partial charge on any atom is -0.462 e. The van der Waals surface area contributed by atoms with Crippen molar-refractivity contribution in [2.24, 2.45) is 0 Å². The van der Waals surface area contributed by atoms with Gasteiger partial charge in [0, 0.05) is 6.20 Å². The Balaban J connectivity index is 0.000000351. The molecule has 136 valence electrons. The molecule has 8 heteroatoms. The van der Waals surface area contributed by atoms with E-state index >= 15 is 0 Å². The van der Waals surface area contributed by atoms with Gasteiger partial charge in [-0.3, -0.25) is 9.78 Å². The second-order valence-corrected chi connectivity index (χ2v) is 6.54. The first-order valence-electron chi connectivity index (χ1n) is 7.56. The van der Waals surface area contributed by atoms with E-state index in [1.165, 1.54) is 0 Å². The van der Waals surface area contributed by atoms with Gasteiger partial charge < -0.3 is 15.2 Å². The molecule has 1 fully saturated rings. The average Bonchev–Trinajstić information content (AvgIpc) is 2.47. The summed E-state index contributed by atoms with van der Waals surface area (Å²) < 4.78 is 42.2. The van der Waals surface area contributed by atoms with Crippen LogP contribution in [0.3, 0.4) is 0 Å². The number of carbonyl (C=O) groups excluding carboxylic acids is 1. The van der Waals surface area contributed by atoms with Crippen LogP contribution in [0.2, 0.25) is 0 Å². The Kier molecular flexibility index (Phi) is 6.74. The monoisotopic (exact) mass is 348 g/mol. The van der Waals surface area contributed by atoms with Gasteiger partial charge >= 0.3 is 6.18 Å². The fourth-order valence-corrected chi connectivity index (χ4v) is 2.10. The molecule has 1 aliphatic heterocycles. The Morgan fingerprint density at radius 1 is 1.29 bits per heavy atom. The molecule has 0 spiro atoms. The Bertz CT molecular complexity index is 536. The minimum atomic E-state index is -4.40. The molecule has 1 aliphatic rings. The first kappa shape index (κ1) is 20.4. The van der Waals surface area contributed by atoms with E-state index in [4.69, 9.17) is 0 Å². The van der Waals surface area contributed by atoms with Gasteiger partial charge in [-0.1, -0.05) is 0 Å². The highest BCUT2D eigenvalue weighted by Gasteiger charge is 2.36. The molecule has 0 aromatic carbocycles. The molecule has 0 atom stereocenters. The van der Waals surface area contributed by atoms with Crippen molar-refractivity contribution in [2.45, 2.75) is 51.0 Å². The first-order valence-corrected chi connectivity index (χ1v) is 7.56. The van der Waals surface area contributed by atoms with Crippen LogP contribution >= 0.6 is 0 Å². The Labute approximate surface area is 139 Å². The van der Waals surface area contributed by atoms with Gasteiger partial charge in [-0.05, 0) is 58.8 Å². The Morgan fingerprint density at radius 3 is 2.29 bits per heavy atom. The third-order valence-electron chi connectivity index (χ3n) is 3.40. The number of ether oxygens (including phenoxy) is 1. The van der Waals surface area contributed by atoms with Crippen LogP contribution in [-0.2, 0) is 21.3 Å². The van der Waals surface area contributed by atoms with Gasteiger partial charge in [0.1, 0.15) is 11.2 Å². The Morgan fingerprint density at radius 2 is 1.88 bits per heavy atom. The summed E-state index contributed by atoms with van der Waals surface area (Å²) in [4.78, 5) is 13.5. The number of aliphatic hydroxyl groups is 1. The molecule has 0 amide bonds. The summed E-state index contributed by atoms with van der Waals surface area (Å²) in [6.07, 6.45) is -2.55. The number of carbonyl (C=O) groups is 1. The van der Waals surface area contributed by atoms with E-state index in [0.29, 0.717) is 32.4 Å². The number of pyridine rings is 1. The molecule has 0 radical (unpaired) electrons. The predicted molar refractivity (Wildman–Crippen MR) is 82.1 cm³/mol. The van der Waals surface area contributed by atoms with Crippen molar-refractivity contribution in [3.63, 3.8) is 0 Å². The zero-order chi connectivity index (χ0) is 18.4. The highest BCUT2D eigenvalue weighted by atomic mass is 19.4. The van der Waals surface area contributed by atoms with E-state index < -0.39 is 17.3 Å². The summed E-state index contributed by atoms with van der Waals surface area (Å²) in [5, 5.41) is 13.3. The van der Waals surface area contributed by atoms with Crippen LogP contribution in [-0.4, -0.2) is 35.3 Å². The van der Waals surface area contributed by atoms with Gasteiger partial charge in [-0.15, -0.1) is 0 Å². The Hall–Kier alpha value is -1.67. The second kappa shape index (κ2) is 7.94. The number of aromatic nitrogens is 1. The lowest BCUT2D eigenvalue weighted by molar-refractivity contribution is -0.139. The molecular formula is C16H23F3N2O3. The van der Waals surface area contributed by atoms with Crippen LogP contribution in [0.5, 0.6) is 0 Å². The van der Waals surface area contributed by atoms with Crippen molar-refractivity contribution < 1.29 is 27.8 Å². The number of halogens is 3. The molecule has 2 N–H and O–H groups in total. The molecule has 0 unspecified atom stereocenters. The van der Waals surface area contributed by atoms with Crippen LogP contribution < -0.4 is 5.32 Å². The lowest BCUT2D eigenvalue weighted by atomic mass is 9.88. The number of alkyl halides is 3. The van der Waals surface area contributed by atoms with Gasteiger partial charge in [0.05, 0.1) is 11.3 Å². The van der Waals surface area contributed by atoms with Gasteiger partial charge in [0.15, 0.2) is 0 Å². The number of hydrogen-bond acceptors (Lipinski definition) is 5. The number of hydrogen-bond donors (Lipinski definition) is 2. The van der Waals surface area contributed by atoms with E-state index in [-0.39, 0.29) is 11.3 Å². The molecule has 0 aliphatic carbocycles. The summed E-state index contributed by atoms with van der Waals surface area (Å²) in [6, 6.07) is 1.85. The molecular weight excluding hydrogens is 325 g/mol. The molecule has 1 saturated heterocycles. The lowest BCUT2D eigenvalue weighted by Crippen LogP contribution is -2.40. The van der Waals surface area contributed by atoms with Crippen LogP contribution in [0.25, 0.3) is 0 Å². The number of rotatable bonds is 2. The lowest BCUT2D eigenvalue weighted by Gasteiger charge is -2.32. The average molecular weight is 348 g/mol. The van der Waals surface area contributed by atoms with Crippen LogP contribution in [0.4, 0.5) is 13.2 Å². The largest absolute Gasteiger partial charge is 0.462 e. The smallest absolute Gasteiger partial charge is 0.416 e. The van der Waals surface area contributed by atoms with E-state index in [2.05, 4.69) is 15.0 Å². The van der Waals surface area contributed by atoms with Crippen LogP contribution in [0.15, 0.2) is 18.3 Å². The van der Waals surface area contributed by atoms with E-state index in [0.717, 1.165) is 18.3 Å². The van der Waals surface area contributed by atoms with Crippen molar-refractivity contribution in [3.05, 3.63) is 29.6 Å². The topological polar surface area (TPSA) is 71.5 Å². The first-order chi connectivity index (χ1) is 11.0. The normalized spacial score (nSPS) is 17.5. The fraction of sp³-hybridized carbons (Fsp3) is 0.625. The number of nitrogens with one attached hydrogen (secondary N) is 1. The highest BCUT2D eigenvalue weighted by molar-refractivity contribution is 5.37. The van der Waals surface area contributed by atoms with Crippen molar-refractivity contribution >= 4 is 6.47 Å². The summed E-state index contributed by atoms with van der Waals surface area (Å²) in [5.41, 5.74) is -2.22. The van der Waals surface area contributed by atoms with Gasteiger partial charge in [-0.25, -0.2) is 0 Å². The maximum atomic E-state index is 12.5. The van der Waals surface area contributed by atoms with Crippen LogP contribution in [0, 0.1) is 0 Å².